The van der Waals surface area contributed by atoms with Gasteiger partial charge >= 0.3 is 5.97 Å². The van der Waals surface area contributed by atoms with Gasteiger partial charge in [0.2, 0.25) is 0 Å². The highest BCUT2D eigenvalue weighted by Gasteiger charge is 2.27. The Hall–Kier alpha value is -1.75. The minimum Gasteiger partial charge on any atom is -0.462 e. The molecule has 1 aromatic carbocycles. The number of nitrogen functional groups attached to an aromatic ring is 1. The molecule has 21 heavy (non-hydrogen) atoms. The molecule has 5 heteroatoms. The van der Waals surface area contributed by atoms with Crippen LogP contribution in [0.5, 0.6) is 0 Å². The van der Waals surface area contributed by atoms with Gasteiger partial charge in [0.1, 0.15) is 0 Å². The number of anilines is 2. The number of ether oxygens (including phenoxy) is 2. The number of benzene rings is 1. The normalized spacial score (nSPS) is 17.2. The lowest BCUT2D eigenvalue weighted by Gasteiger charge is -2.34. The van der Waals surface area contributed by atoms with Gasteiger partial charge in [-0.2, -0.15) is 0 Å². The highest BCUT2D eigenvalue weighted by atomic mass is 16.5. The van der Waals surface area contributed by atoms with E-state index >= 15 is 0 Å². The van der Waals surface area contributed by atoms with Crippen molar-refractivity contribution in [3.8, 4) is 0 Å². The summed E-state index contributed by atoms with van der Waals surface area (Å²) in [4.78, 5) is 11.8. The van der Waals surface area contributed by atoms with Crippen molar-refractivity contribution < 1.29 is 14.3 Å². The van der Waals surface area contributed by atoms with E-state index in [1.807, 2.05) is 6.07 Å². The number of hydrogen-bond donors (Lipinski definition) is 2. The van der Waals surface area contributed by atoms with Crippen LogP contribution in [0.25, 0.3) is 0 Å². The topological polar surface area (TPSA) is 73.6 Å². The Morgan fingerprint density at radius 3 is 2.81 bits per heavy atom. The molecule has 2 rings (SSSR count). The molecule has 0 amide bonds. The number of esters is 1. The first-order valence-corrected chi connectivity index (χ1v) is 7.42. The van der Waals surface area contributed by atoms with E-state index in [1.165, 1.54) is 0 Å². The number of nitrogens with two attached hydrogens (primary N) is 1. The Morgan fingerprint density at radius 1 is 1.43 bits per heavy atom. The molecule has 1 aliphatic heterocycles. The minimum absolute atomic E-state index is 0.226. The quantitative estimate of drug-likeness (QED) is 0.645. The zero-order chi connectivity index (χ0) is 15.3. The molecule has 1 aliphatic rings. The maximum absolute atomic E-state index is 11.8. The third-order valence-electron chi connectivity index (χ3n) is 3.97. The molecule has 1 heterocycles. The van der Waals surface area contributed by atoms with Crippen LogP contribution in [0.1, 0.15) is 37.0 Å². The van der Waals surface area contributed by atoms with E-state index in [0.29, 0.717) is 17.9 Å². The van der Waals surface area contributed by atoms with E-state index in [9.17, 15) is 4.79 Å². The molecule has 0 atom stereocenters. The number of carbonyl (C=O) groups is 1. The van der Waals surface area contributed by atoms with Gasteiger partial charge in [-0.15, -0.1) is 0 Å². The van der Waals surface area contributed by atoms with Crippen LogP contribution in [-0.2, 0) is 9.47 Å². The summed E-state index contributed by atoms with van der Waals surface area (Å²) < 4.78 is 10.4. The molecule has 0 aliphatic carbocycles. The number of rotatable bonds is 5. The summed E-state index contributed by atoms with van der Waals surface area (Å²) >= 11 is 0. The molecule has 0 aromatic heterocycles. The van der Waals surface area contributed by atoms with Crippen LogP contribution in [0.2, 0.25) is 0 Å². The molecule has 0 unspecified atom stereocenters. The Morgan fingerprint density at radius 2 is 2.14 bits per heavy atom. The van der Waals surface area contributed by atoms with Crippen molar-refractivity contribution >= 4 is 17.3 Å². The van der Waals surface area contributed by atoms with E-state index in [4.69, 9.17) is 15.2 Å². The molecule has 0 radical (unpaired) electrons. The van der Waals surface area contributed by atoms with Gasteiger partial charge in [-0.25, -0.2) is 4.79 Å². The maximum atomic E-state index is 11.8. The molecule has 116 valence electrons. The zero-order valence-corrected chi connectivity index (χ0v) is 12.8. The smallest absolute Gasteiger partial charge is 0.340 e. The van der Waals surface area contributed by atoms with Crippen LogP contribution in [0.3, 0.4) is 0 Å². The number of nitrogens with one attached hydrogen (secondary N) is 1. The van der Waals surface area contributed by atoms with Gasteiger partial charge in [0.15, 0.2) is 0 Å². The van der Waals surface area contributed by atoms with Crippen LogP contribution in [0.4, 0.5) is 11.4 Å². The monoisotopic (exact) mass is 292 g/mol. The Kier molecular flexibility index (Phi) is 5.07. The van der Waals surface area contributed by atoms with E-state index in [2.05, 4.69) is 12.2 Å². The first-order valence-electron chi connectivity index (χ1n) is 7.42. The summed E-state index contributed by atoms with van der Waals surface area (Å²) in [6, 6.07) is 5.39. The summed E-state index contributed by atoms with van der Waals surface area (Å²) in [7, 11) is 0. The van der Waals surface area contributed by atoms with Crippen molar-refractivity contribution in [1.82, 2.24) is 0 Å². The zero-order valence-electron chi connectivity index (χ0n) is 12.8. The highest BCUT2D eigenvalue weighted by molar-refractivity contribution is 5.96. The van der Waals surface area contributed by atoms with Crippen LogP contribution in [0, 0.1) is 5.41 Å². The lowest BCUT2D eigenvalue weighted by Crippen LogP contribution is -2.33. The first-order chi connectivity index (χ1) is 10.0. The predicted octanol–water partition coefficient (Wildman–Crippen LogP) is 2.67. The average Bonchev–Trinajstić information content (AvgIpc) is 2.47. The van der Waals surface area contributed by atoms with Crippen LogP contribution in [0.15, 0.2) is 18.2 Å². The Bertz CT molecular complexity index is 496. The summed E-state index contributed by atoms with van der Waals surface area (Å²) in [6.07, 6.45) is 2.08. The fraction of sp³-hybridized carbons (Fsp3) is 0.562. The molecular weight excluding hydrogens is 268 g/mol. The summed E-state index contributed by atoms with van der Waals surface area (Å²) in [5.74, 6) is -0.379. The van der Waals surface area contributed by atoms with Crippen LogP contribution in [-0.4, -0.2) is 32.3 Å². The van der Waals surface area contributed by atoms with Gasteiger partial charge < -0.3 is 20.5 Å². The van der Waals surface area contributed by atoms with Crippen molar-refractivity contribution in [2.24, 2.45) is 5.41 Å². The number of carbonyl (C=O) groups excluding carboxylic acids is 1. The second-order valence-corrected chi connectivity index (χ2v) is 5.80. The van der Waals surface area contributed by atoms with Crippen molar-refractivity contribution in [3.05, 3.63) is 23.8 Å². The predicted molar refractivity (Wildman–Crippen MR) is 83.5 cm³/mol. The summed E-state index contributed by atoms with van der Waals surface area (Å²) in [6.45, 7) is 6.85. The standard InChI is InChI=1S/C16H24N2O3/c1-3-21-15(19)13-10-12(4-5-14(13)17)18-11-16(2)6-8-20-9-7-16/h4-5,10,18H,3,6-9,11,17H2,1-2H3. The molecular formula is C16H24N2O3. The second kappa shape index (κ2) is 6.80. The lowest BCUT2D eigenvalue weighted by molar-refractivity contribution is 0.0300. The van der Waals surface area contributed by atoms with Gasteiger partial charge in [-0.05, 0) is 43.4 Å². The third kappa shape index (κ3) is 4.11. The van der Waals surface area contributed by atoms with Crippen LogP contribution < -0.4 is 11.1 Å². The lowest BCUT2D eigenvalue weighted by atomic mass is 9.82. The van der Waals surface area contributed by atoms with Gasteiger partial charge in [-0.3, -0.25) is 0 Å². The summed E-state index contributed by atoms with van der Waals surface area (Å²) in [5.41, 5.74) is 7.81. The first kappa shape index (κ1) is 15.6. The van der Waals surface area contributed by atoms with Crippen LogP contribution >= 0.6 is 0 Å². The van der Waals surface area contributed by atoms with E-state index in [0.717, 1.165) is 38.3 Å². The fourth-order valence-corrected chi connectivity index (χ4v) is 2.41. The van der Waals surface area contributed by atoms with Crippen molar-refractivity contribution in [2.75, 3.05) is 37.4 Å². The molecule has 3 N–H and O–H groups in total. The highest BCUT2D eigenvalue weighted by Crippen LogP contribution is 2.30. The fourth-order valence-electron chi connectivity index (χ4n) is 2.41. The third-order valence-corrected chi connectivity index (χ3v) is 3.97. The number of hydrogen-bond acceptors (Lipinski definition) is 5. The Labute approximate surface area is 125 Å². The molecule has 1 fully saturated rings. The average molecular weight is 292 g/mol. The largest absolute Gasteiger partial charge is 0.462 e. The van der Waals surface area contributed by atoms with Crippen molar-refractivity contribution in [1.29, 1.82) is 0 Å². The molecule has 0 spiro atoms. The van der Waals surface area contributed by atoms with Crippen molar-refractivity contribution in [2.45, 2.75) is 26.7 Å². The molecule has 0 bridgehead atoms. The van der Waals surface area contributed by atoms with E-state index in [-0.39, 0.29) is 11.4 Å². The van der Waals surface area contributed by atoms with Gasteiger partial charge in [-0.1, -0.05) is 6.92 Å². The van der Waals surface area contributed by atoms with Gasteiger partial charge in [0, 0.05) is 31.1 Å². The summed E-state index contributed by atoms with van der Waals surface area (Å²) in [5, 5.41) is 3.40. The minimum atomic E-state index is -0.379. The van der Waals surface area contributed by atoms with Gasteiger partial charge in [0.25, 0.3) is 0 Å². The van der Waals surface area contributed by atoms with Gasteiger partial charge in [0.05, 0.1) is 12.2 Å². The molecule has 1 saturated heterocycles. The van der Waals surface area contributed by atoms with E-state index in [1.54, 1.807) is 19.1 Å². The van der Waals surface area contributed by atoms with Crippen molar-refractivity contribution in [3.63, 3.8) is 0 Å². The Balaban J connectivity index is 2.03. The molecule has 1 aromatic rings. The molecule has 0 saturated carbocycles. The van der Waals surface area contributed by atoms with E-state index < -0.39 is 0 Å². The maximum Gasteiger partial charge on any atom is 0.340 e. The molecule has 5 nitrogen and oxygen atoms in total. The SMILES string of the molecule is CCOC(=O)c1cc(NCC2(C)CCOCC2)ccc1N. The second-order valence-electron chi connectivity index (χ2n) is 5.80.